The summed E-state index contributed by atoms with van der Waals surface area (Å²) in [5, 5.41) is 3.26. The normalized spacial score (nSPS) is 11.1. The molecule has 3 aromatic carbocycles. The second-order valence-electron chi connectivity index (χ2n) is 6.84. The molecule has 0 aliphatic rings. The number of rotatable bonds is 8. The lowest BCUT2D eigenvalue weighted by Crippen LogP contribution is -2.41. The number of hydrogen-bond donors (Lipinski definition) is 1. The van der Waals surface area contributed by atoms with Gasteiger partial charge >= 0.3 is 0 Å². The predicted octanol–water partition coefficient (Wildman–Crippen LogP) is 4.20. The van der Waals surface area contributed by atoms with E-state index in [0.29, 0.717) is 23.7 Å². The largest absolute Gasteiger partial charge is 0.354 e. The van der Waals surface area contributed by atoms with Crippen LogP contribution in [0.2, 0.25) is 5.02 Å². The Morgan fingerprint density at radius 2 is 1.57 bits per heavy atom. The molecule has 0 aliphatic carbocycles. The number of nitrogens with one attached hydrogen (secondary N) is 1. The van der Waals surface area contributed by atoms with Crippen molar-refractivity contribution in [2.75, 3.05) is 17.4 Å². The Bertz CT molecular complexity index is 1100. The van der Waals surface area contributed by atoms with Gasteiger partial charge in [0.25, 0.3) is 10.0 Å². The van der Waals surface area contributed by atoms with Crippen molar-refractivity contribution in [1.29, 1.82) is 0 Å². The van der Waals surface area contributed by atoms with Crippen molar-refractivity contribution in [3.63, 3.8) is 0 Å². The lowest BCUT2D eigenvalue weighted by atomic mass is 10.1. The molecule has 0 atom stereocenters. The molecule has 0 aromatic heterocycles. The van der Waals surface area contributed by atoms with Crippen LogP contribution in [0.15, 0.2) is 83.8 Å². The molecule has 0 saturated heterocycles. The van der Waals surface area contributed by atoms with Gasteiger partial charge in [0.2, 0.25) is 5.91 Å². The number of benzene rings is 3. The summed E-state index contributed by atoms with van der Waals surface area (Å²) in [6.45, 7) is 1.92. The number of nitrogens with zero attached hydrogens (tertiary/aromatic N) is 1. The molecular formula is C23H23ClN2O3S. The topological polar surface area (TPSA) is 66.5 Å². The van der Waals surface area contributed by atoms with Gasteiger partial charge in [-0.15, -0.1) is 0 Å². The molecule has 0 bridgehead atoms. The molecule has 5 nitrogen and oxygen atoms in total. The van der Waals surface area contributed by atoms with E-state index in [0.717, 1.165) is 15.4 Å². The smallest absolute Gasteiger partial charge is 0.264 e. The fraction of sp³-hybridized carbons (Fsp3) is 0.174. The predicted molar refractivity (Wildman–Crippen MR) is 120 cm³/mol. The van der Waals surface area contributed by atoms with E-state index in [4.69, 9.17) is 11.6 Å². The molecule has 3 rings (SSSR count). The quantitative estimate of drug-likeness (QED) is 0.568. The summed E-state index contributed by atoms with van der Waals surface area (Å²) in [5.74, 6) is -0.369. The van der Waals surface area contributed by atoms with Crippen molar-refractivity contribution in [1.82, 2.24) is 5.32 Å². The zero-order chi connectivity index (χ0) is 21.6. The molecule has 0 unspecified atom stereocenters. The number of hydrogen-bond acceptors (Lipinski definition) is 3. The Morgan fingerprint density at radius 1 is 0.933 bits per heavy atom. The lowest BCUT2D eigenvalue weighted by Gasteiger charge is -2.25. The van der Waals surface area contributed by atoms with Crippen LogP contribution in [0.1, 0.15) is 11.1 Å². The Labute approximate surface area is 182 Å². The molecule has 0 saturated carbocycles. The number of carbonyl (C=O) groups is 1. The molecule has 0 aliphatic heterocycles. The molecule has 0 spiro atoms. The Morgan fingerprint density at radius 3 is 2.23 bits per heavy atom. The summed E-state index contributed by atoms with van der Waals surface area (Å²) in [6.07, 6.45) is 0.668. The maximum absolute atomic E-state index is 13.3. The van der Waals surface area contributed by atoms with Crippen molar-refractivity contribution in [3.8, 4) is 0 Å². The molecule has 0 fully saturated rings. The summed E-state index contributed by atoms with van der Waals surface area (Å²) in [5.41, 5.74) is 2.32. The number of anilines is 1. The summed E-state index contributed by atoms with van der Waals surface area (Å²) >= 11 is 5.90. The lowest BCUT2D eigenvalue weighted by molar-refractivity contribution is -0.119. The maximum atomic E-state index is 13.3. The number of halogens is 1. The molecule has 1 N–H and O–H groups in total. The van der Waals surface area contributed by atoms with Crippen molar-refractivity contribution >= 4 is 33.2 Å². The first kappa shape index (κ1) is 21.9. The van der Waals surface area contributed by atoms with E-state index in [1.165, 1.54) is 24.3 Å². The monoisotopic (exact) mass is 442 g/mol. The van der Waals surface area contributed by atoms with E-state index in [9.17, 15) is 13.2 Å². The first-order valence-electron chi connectivity index (χ1n) is 9.52. The average molecular weight is 443 g/mol. The Hall–Kier alpha value is -2.83. The highest BCUT2D eigenvalue weighted by Gasteiger charge is 2.28. The minimum absolute atomic E-state index is 0.0761. The van der Waals surface area contributed by atoms with Crippen LogP contribution in [0.4, 0.5) is 5.69 Å². The van der Waals surface area contributed by atoms with E-state index < -0.39 is 10.0 Å². The second kappa shape index (κ2) is 9.78. The van der Waals surface area contributed by atoms with Gasteiger partial charge in [-0.2, -0.15) is 0 Å². The third-order valence-electron chi connectivity index (χ3n) is 4.65. The summed E-state index contributed by atoms with van der Waals surface area (Å²) in [7, 11) is -3.95. The van der Waals surface area contributed by atoms with Gasteiger partial charge in [-0.25, -0.2) is 8.42 Å². The molecular weight excluding hydrogens is 420 g/mol. The van der Waals surface area contributed by atoms with Crippen LogP contribution in [0.25, 0.3) is 0 Å². The summed E-state index contributed by atoms with van der Waals surface area (Å²) in [6, 6.07) is 22.8. The third-order valence-corrected chi connectivity index (χ3v) is 6.68. The van der Waals surface area contributed by atoms with Gasteiger partial charge in [-0.1, -0.05) is 60.1 Å². The number of para-hydroxylation sites is 1. The molecule has 0 heterocycles. The fourth-order valence-electron chi connectivity index (χ4n) is 3.05. The van der Waals surface area contributed by atoms with E-state index in [1.807, 2.05) is 49.4 Å². The highest BCUT2D eigenvalue weighted by atomic mass is 35.5. The van der Waals surface area contributed by atoms with Gasteiger partial charge in [-0.05, 0) is 54.8 Å². The van der Waals surface area contributed by atoms with Crippen molar-refractivity contribution < 1.29 is 13.2 Å². The number of aryl methyl sites for hydroxylation is 1. The molecule has 1 amide bonds. The Balaban J connectivity index is 1.80. The number of sulfonamides is 1. The van der Waals surface area contributed by atoms with Crippen molar-refractivity contribution in [2.45, 2.75) is 18.2 Å². The average Bonchev–Trinajstić information content (AvgIpc) is 2.74. The van der Waals surface area contributed by atoms with Crippen LogP contribution >= 0.6 is 11.6 Å². The molecule has 0 radical (unpaired) electrons. The van der Waals surface area contributed by atoms with Crippen molar-refractivity contribution in [3.05, 3.63) is 95.0 Å². The Kier molecular flexibility index (Phi) is 7.13. The van der Waals surface area contributed by atoms with Crippen LogP contribution in [0.5, 0.6) is 0 Å². The van der Waals surface area contributed by atoms with E-state index in [2.05, 4.69) is 5.32 Å². The zero-order valence-electron chi connectivity index (χ0n) is 16.6. The van der Waals surface area contributed by atoms with Gasteiger partial charge < -0.3 is 5.32 Å². The molecule has 7 heteroatoms. The zero-order valence-corrected chi connectivity index (χ0v) is 18.2. The summed E-state index contributed by atoms with van der Waals surface area (Å²) < 4.78 is 27.8. The molecule has 3 aromatic rings. The van der Waals surface area contributed by atoms with Gasteiger partial charge in [-0.3, -0.25) is 9.10 Å². The van der Waals surface area contributed by atoms with Crippen molar-refractivity contribution in [2.24, 2.45) is 0 Å². The molecule has 30 heavy (non-hydrogen) atoms. The maximum Gasteiger partial charge on any atom is 0.264 e. The van der Waals surface area contributed by atoms with Crippen LogP contribution < -0.4 is 9.62 Å². The fourth-order valence-corrected chi connectivity index (χ4v) is 4.67. The van der Waals surface area contributed by atoms with Gasteiger partial charge in [0.15, 0.2) is 0 Å². The highest BCUT2D eigenvalue weighted by Crippen LogP contribution is 2.27. The summed E-state index contributed by atoms with van der Waals surface area (Å²) in [4.78, 5) is 12.7. The van der Waals surface area contributed by atoms with Crippen LogP contribution in [-0.2, 0) is 21.2 Å². The van der Waals surface area contributed by atoms with Gasteiger partial charge in [0.05, 0.1) is 10.6 Å². The van der Waals surface area contributed by atoms with Crippen LogP contribution in [-0.4, -0.2) is 27.4 Å². The van der Waals surface area contributed by atoms with E-state index in [-0.39, 0.29) is 17.3 Å². The first-order valence-corrected chi connectivity index (χ1v) is 11.3. The number of carbonyl (C=O) groups excluding carboxylic acids is 1. The minimum atomic E-state index is -3.95. The SMILES string of the molecule is Cc1ccccc1N(CC(=O)NCCc1ccccc1)S(=O)(=O)c1ccc(Cl)cc1. The standard InChI is InChI=1S/C23H23ClN2O3S/c1-18-7-5-6-10-22(18)26(30(28,29)21-13-11-20(24)12-14-21)17-23(27)25-16-15-19-8-3-2-4-9-19/h2-14H,15-17H2,1H3,(H,25,27). The minimum Gasteiger partial charge on any atom is -0.354 e. The second-order valence-corrected chi connectivity index (χ2v) is 9.14. The highest BCUT2D eigenvalue weighted by molar-refractivity contribution is 7.92. The van der Waals surface area contributed by atoms with Crippen LogP contribution in [0.3, 0.4) is 0 Å². The third kappa shape index (κ3) is 5.40. The van der Waals surface area contributed by atoms with Gasteiger partial charge in [0, 0.05) is 11.6 Å². The van der Waals surface area contributed by atoms with E-state index >= 15 is 0 Å². The van der Waals surface area contributed by atoms with Gasteiger partial charge in [0.1, 0.15) is 6.54 Å². The first-order chi connectivity index (χ1) is 14.4. The van der Waals surface area contributed by atoms with E-state index in [1.54, 1.807) is 12.1 Å². The molecule has 156 valence electrons. The number of amides is 1. The van der Waals surface area contributed by atoms with Crippen LogP contribution in [0, 0.1) is 6.92 Å².